The Bertz CT molecular complexity index is 843. The Morgan fingerprint density at radius 3 is 2.61 bits per heavy atom. The van der Waals surface area contributed by atoms with E-state index in [4.69, 9.17) is 5.26 Å². The molecule has 0 aliphatic rings. The number of benzene rings is 1. The predicted molar refractivity (Wildman–Crippen MR) is 87.2 cm³/mol. The summed E-state index contributed by atoms with van der Waals surface area (Å²) in [5.74, 6) is 0.533. The highest BCUT2D eigenvalue weighted by atomic mass is 32.2. The second-order valence-electron chi connectivity index (χ2n) is 6.19. The van der Waals surface area contributed by atoms with E-state index < -0.39 is 10.0 Å². The van der Waals surface area contributed by atoms with Gasteiger partial charge in [0.2, 0.25) is 10.0 Å². The van der Waals surface area contributed by atoms with Gasteiger partial charge in [0.15, 0.2) is 0 Å². The minimum Gasteiger partial charge on any atom is -0.263 e. The first-order chi connectivity index (χ1) is 10.6. The van der Waals surface area contributed by atoms with Crippen LogP contribution < -0.4 is 4.31 Å². The summed E-state index contributed by atoms with van der Waals surface area (Å²) in [7, 11) is -3.54. The van der Waals surface area contributed by atoms with Crippen LogP contribution in [0.2, 0.25) is 0 Å². The molecule has 0 unspecified atom stereocenters. The molecule has 2 rings (SSSR count). The van der Waals surface area contributed by atoms with E-state index in [0.717, 1.165) is 6.26 Å². The van der Waals surface area contributed by atoms with Crippen molar-refractivity contribution in [2.45, 2.75) is 32.9 Å². The molecule has 0 atom stereocenters. The Kier molecular flexibility index (Phi) is 4.43. The number of aromatic nitrogens is 3. The number of anilines is 1. The zero-order chi connectivity index (χ0) is 17.3. The largest absolute Gasteiger partial charge is 0.263 e. The molecule has 23 heavy (non-hydrogen) atoms. The molecule has 1 aromatic heterocycles. The molecule has 1 heterocycles. The summed E-state index contributed by atoms with van der Waals surface area (Å²) >= 11 is 0. The third kappa shape index (κ3) is 3.87. The Balaban J connectivity index is 2.47. The summed E-state index contributed by atoms with van der Waals surface area (Å²) in [5.41, 5.74) is 0.507. The van der Waals surface area contributed by atoms with Crippen LogP contribution in [0.1, 0.15) is 32.2 Å². The maximum Gasteiger partial charge on any atom is 0.232 e. The van der Waals surface area contributed by atoms with Gasteiger partial charge in [-0.05, 0) is 39.0 Å². The highest BCUT2D eigenvalue weighted by Gasteiger charge is 2.24. The quantitative estimate of drug-likeness (QED) is 0.851. The first-order valence-electron chi connectivity index (χ1n) is 7.00. The second-order valence-corrected chi connectivity index (χ2v) is 8.10. The summed E-state index contributed by atoms with van der Waals surface area (Å²) in [6, 6.07) is 8.49. The topological polar surface area (TPSA) is 91.9 Å². The van der Waals surface area contributed by atoms with Crippen molar-refractivity contribution in [1.29, 1.82) is 5.26 Å². The highest BCUT2D eigenvalue weighted by molar-refractivity contribution is 7.92. The third-order valence-corrected chi connectivity index (χ3v) is 4.34. The van der Waals surface area contributed by atoms with Gasteiger partial charge in [0.1, 0.15) is 12.2 Å². The van der Waals surface area contributed by atoms with E-state index in [1.54, 1.807) is 28.9 Å². The van der Waals surface area contributed by atoms with Crippen LogP contribution >= 0.6 is 0 Å². The lowest BCUT2D eigenvalue weighted by Gasteiger charge is -2.26. The van der Waals surface area contributed by atoms with Gasteiger partial charge in [-0.1, -0.05) is 6.07 Å². The van der Waals surface area contributed by atoms with Crippen LogP contribution in [-0.4, -0.2) is 29.4 Å². The SMILES string of the molecule is CC(C)(C)n1ncnc1CN(c1cccc(C#N)c1)S(C)(=O)=O. The van der Waals surface area contributed by atoms with Gasteiger partial charge in [0, 0.05) is 0 Å². The van der Waals surface area contributed by atoms with Crippen LogP contribution in [0.5, 0.6) is 0 Å². The van der Waals surface area contributed by atoms with Crippen LogP contribution in [0.25, 0.3) is 0 Å². The minimum atomic E-state index is -3.54. The summed E-state index contributed by atoms with van der Waals surface area (Å²) < 4.78 is 27.3. The van der Waals surface area contributed by atoms with Crippen molar-refractivity contribution in [3.8, 4) is 6.07 Å². The fraction of sp³-hybridized carbons (Fsp3) is 0.400. The molecule has 2 aromatic rings. The molecular formula is C15H19N5O2S. The molecule has 0 saturated carbocycles. The van der Waals surface area contributed by atoms with Crippen molar-refractivity contribution in [2.24, 2.45) is 0 Å². The van der Waals surface area contributed by atoms with E-state index in [1.165, 1.54) is 10.6 Å². The first kappa shape index (κ1) is 17.0. The zero-order valence-electron chi connectivity index (χ0n) is 13.6. The summed E-state index contributed by atoms with van der Waals surface area (Å²) in [5, 5.41) is 13.2. The maximum atomic E-state index is 12.2. The van der Waals surface area contributed by atoms with E-state index in [0.29, 0.717) is 17.1 Å². The normalized spacial score (nSPS) is 12.0. The number of sulfonamides is 1. The molecule has 0 spiro atoms. The summed E-state index contributed by atoms with van der Waals surface area (Å²) in [6.45, 7) is 5.94. The van der Waals surface area contributed by atoms with Crippen molar-refractivity contribution in [3.05, 3.63) is 42.0 Å². The smallest absolute Gasteiger partial charge is 0.232 e. The van der Waals surface area contributed by atoms with Gasteiger partial charge in [-0.3, -0.25) is 4.31 Å². The first-order valence-corrected chi connectivity index (χ1v) is 8.85. The van der Waals surface area contributed by atoms with Crippen molar-refractivity contribution >= 4 is 15.7 Å². The molecule has 122 valence electrons. The average Bonchev–Trinajstić information content (AvgIpc) is 2.92. The van der Waals surface area contributed by atoms with E-state index in [1.807, 2.05) is 26.8 Å². The highest BCUT2D eigenvalue weighted by Crippen LogP contribution is 2.23. The Hall–Kier alpha value is -2.40. The molecule has 7 nitrogen and oxygen atoms in total. The molecule has 1 aromatic carbocycles. The predicted octanol–water partition coefficient (Wildman–Crippen LogP) is 1.87. The number of nitrogens with zero attached hydrogens (tertiary/aromatic N) is 5. The van der Waals surface area contributed by atoms with Crippen LogP contribution in [0.4, 0.5) is 5.69 Å². The molecule has 0 bridgehead atoms. The number of rotatable bonds is 4. The van der Waals surface area contributed by atoms with E-state index in [9.17, 15) is 8.42 Å². The van der Waals surface area contributed by atoms with Crippen LogP contribution in [0.15, 0.2) is 30.6 Å². The monoisotopic (exact) mass is 333 g/mol. The van der Waals surface area contributed by atoms with Crippen LogP contribution in [0, 0.1) is 11.3 Å². The molecule has 0 aliphatic heterocycles. The average molecular weight is 333 g/mol. The Labute approximate surface area is 136 Å². The third-order valence-electron chi connectivity index (χ3n) is 3.20. The van der Waals surface area contributed by atoms with Crippen molar-refractivity contribution in [3.63, 3.8) is 0 Å². The Morgan fingerprint density at radius 1 is 1.35 bits per heavy atom. The Morgan fingerprint density at radius 2 is 2.04 bits per heavy atom. The molecule has 0 radical (unpaired) electrons. The van der Waals surface area contributed by atoms with Crippen LogP contribution in [-0.2, 0) is 22.1 Å². The standard InChI is InChI=1S/C15H19N5O2S/c1-15(2,3)20-14(17-11-18-20)10-19(23(4,21)22)13-7-5-6-12(8-13)9-16/h5-8,11H,10H2,1-4H3. The van der Waals surface area contributed by atoms with Crippen molar-refractivity contribution in [1.82, 2.24) is 14.8 Å². The molecule has 0 N–H and O–H groups in total. The van der Waals surface area contributed by atoms with E-state index >= 15 is 0 Å². The summed E-state index contributed by atoms with van der Waals surface area (Å²) in [4.78, 5) is 4.18. The van der Waals surface area contributed by atoms with Gasteiger partial charge < -0.3 is 0 Å². The van der Waals surface area contributed by atoms with Gasteiger partial charge in [0.05, 0.1) is 35.7 Å². The van der Waals surface area contributed by atoms with Crippen molar-refractivity contribution < 1.29 is 8.42 Å². The maximum absolute atomic E-state index is 12.2. The van der Waals surface area contributed by atoms with Crippen LogP contribution in [0.3, 0.4) is 0 Å². The van der Waals surface area contributed by atoms with Crippen molar-refractivity contribution in [2.75, 3.05) is 10.6 Å². The number of hydrogen-bond acceptors (Lipinski definition) is 5. The molecular weight excluding hydrogens is 314 g/mol. The van der Waals surface area contributed by atoms with Gasteiger partial charge in [-0.15, -0.1) is 0 Å². The molecule has 0 fully saturated rings. The van der Waals surface area contributed by atoms with E-state index in [2.05, 4.69) is 10.1 Å². The lowest BCUT2D eigenvalue weighted by Crippen LogP contribution is -2.33. The molecule has 8 heteroatoms. The van der Waals surface area contributed by atoms with Gasteiger partial charge in [0.25, 0.3) is 0 Å². The molecule has 0 saturated heterocycles. The summed E-state index contributed by atoms with van der Waals surface area (Å²) in [6.07, 6.45) is 2.54. The lowest BCUT2D eigenvalue weighted by molar-refractivity contribution is 0.341. The van der Waals surface area contributed by atoms with Gasteiger partial charge >= 0.3 is 0 Å². The fourth-order valence-corrected chi connectivity index (χ4v) is 3.04. The van der Waals surface area contributed by atoms with Gasteiger partial charge in [-0.2, -0.15) is 10.4 Å². The molecule has 0 aliphatic carbocycles. The second kappa shape index (κ2) is 6.01. The lowest BCUT2D eigenvalue weighted by atomic mass is 10.1. The van der Waals surface area contributed by atoms with E-state index in [-0.39, 0.29) is 12.1 Å². The minimum absolute atomic E-state index is 0.0466. The number of nitriles is 1. The molecule has 0 amide bonds. The number of hydrogen-bond donors (Lipinski definition) is 0. The van der Waals surface area contributed by atoms with Gasteiger partial charge in [-0.25, -0.2) is 18.1 Å². The zero-order valence-corrected chi connectivity index (χ0v) is 14.4. The fourth-order valence-electron chi connectivity index (χ4n) is 2.19.